The van der Waals surface area contributed by atoms with Crippen LogP contribution in [0.2, 0.25) is 0 Å². The first-order chi connectivity index (χ1) is 14.6. The third-order valence-electron chi connectivity index (χ3n) is 6.17. The number of rotatable bonds is 6. The van der Waals surface area contributed by atoms with Crippen LogP contribution in [-0.4, -0.2) is 67.6 Å². The van der Waals surface area contributed by atoms with Crippen LogP contribution >= 0.6 is 0 Å². The van der Waals surface area contributed by atoms with Gasteiger partial charge < -0.3 is 15.1 Å². The molecule has 1 atom stereocenters. The number of amides is 3. The minimum Gasteiger partial charge on any atom is -0.337 e. The highest BCUT2D eigenvalue weighted by atomic mass is 16.2. The van der Waals surface area contributed by atoms with Gasteiger partial charge >= 0.3 is 6.03 Å². The molecule has 6 nitrogen and oxygen atoms in total. The molecule has 2 saturated heterocycles. The van der Waals surface area contributed by atoms with E-state index in [1.54, 1.807) is 4.90 Å². The Morgan fingerprint density at radius 2 is 1.97 bits per heavy atom. The third kappa shape index (κ3) is 4.65. The average molecular weight is 407 g/mol. The van der Waals surface area contributed by atoms with E-state index in [0.29, 0.717) is 18.7 Å². The van der Waals surface area contributed by atoms with Crippen LogP contribution in [0, 0.1) is 0 Å². The monoisotopic (exact) mass is 406 g/mol. The lowest BCUT2D eigenvalue weighted by Gasteiger charge is -2.37. The number of urea groups is 1. The molecule has 0 saturated carbocycles. The molecule has 3 amide bonds. The molecule has 1 N–H and O–H groups in total. The first-order valence-corrected chi connectivity index (χ1v) is 10.8. The normalized spacial score (nSPS) is 19.6. The quantitative estimate of drug-likeness (QED) is 0.802. The average Bonchev–Trinajstić information content (AvgIpc) is 3.23. The summed E-state index contributed by atoms with van der Waals surface area (Å²) >= 11 is 0. The van der Waals surface area contributed by atoms with E-state index in [0.717, 1.165) is 44.6 Å². The molecular weight excluding hydrogens is 376 g/mol. The van der Waals surface area contributed by atoms with Gasteiger partial charge in [0.2, 0.25) is 0 Å². The van der Waals surface area contributed by atoms with Gasteiger partial charge in [0, 0.05) is 50.5 Å². The number of piperidine rings is 1. The Balaban J connectivity index is 1.38. The second kappa shape index (κ2) is 9.30. The van der Waals surface area contributed by atoms with Crippen molar-refractivity contribution in [1.29, 1.82) is 0 Å². The first kappa shape index (κ1) is 20.4. The zero-order chi connectivity index (χ0) is 20.9. The fourth-order valence-corrected chi connectivity index (χ4v) is 4.38. The number of carbonyl (C=O) groups excluding carboxylic acids is 2. The Morgan fingerprint density at radius 1 is 1.13 bits per heavy atom. The van der Waals surface area contributed by atoms with Crippen LogP contribution in [0.1, 0.15) is 28.8 Å². The van der Waals surface area contributed by atoms with Gasteiger partial charge in [-0.15, -0.1) is 0 Å². The van der Waals surface area contributed by atoms with Crippen molar-refractivity contribution in [3.63, 3.8) is 0 Å². The summed E-state index contributed by atoms with van der Waals surface area (Å²) in [7, 11) is 1.91. The van der Waals surface area contributed by atoms with Gasteiger partial charge in [-0.3, -0.25) is 9.69 Å². The molecule has 0 aromatic heterocycles. The fourth-order valence-electron chi connectivity index (χ4n) is 4.38. The maximum absolute atomic E-state index is 13.2. The molecule has 30 heavy (non-hydrogen) atoms. The lowest BCUT2D eigenvalue weighted by molar-refractivity contribution is 0.0619. The Kier molecular flexibility index (Phi) is 6.33. The summed E-state index contributed by atoms with van der Waals surface area (Å²) < 4.78 is 0. The van der Waals surface area contributed by atoms with E-state index in [-0.39, 0.29) is 18.0 Å². The number of hydrogen-bond donors (Lipinski definition) is 1. The summed E-state index contributed by atoms with van der Waals surface area (Å²) in [5.41, 5.74) is 2.76. The smallest absolute Gasteiger partial charge is 0.321 e. The molecule has 0 aliphatic carbocycles. The maximum atomic E-state index is 13.2. The lowest BCUT2D eigenvalue weighted by atomic mass is 10.0. The number of likely N-dealkylation sites (tertiary alicyclic amines) is 1. The second-order valence-corrected chi connectivity index (χ2v) is 8.18. The van der Waals surface area contributed by atoms with Gasteiger partial charge in [-0.25, -0.2) is 4.79 Å². The molecule has 0 unspecified atom stereocenters. The topological polar surface area (TPSA) is 55.9 Å². The van der Waals surface area contributed by atoms with Gasteiger partial charge in [0.1, 0.15) is 0 Å². The third-order valence-corrected chi connectivity index (χ3v) is 6.17. The summed E-state index contributed by atoms with van der Waals surface area (Å²) in [5, 5.41) is 2.81. The van der Waals surface area contributed by atoms with Crippen LogP contribution in [-0.2, 0) is 6.42 Å². The number of anilines is 1. The Labute approximate surface area is 178 Å². The van der Waals surface area contributed by atoms with Gasteiger partial charge in [-0.05, 0) is 49.6 Å². The van der Waals surface area contributed by atoms with Crippen molar-refractivity contribution in [2.45, 2.75) is 25.3 Å². The van der Waals surface area contributed by atoms with Gasteiger partial charge in [0.15, 0.2) is 0 Å². The van der Waals surface area contributed by atoms with Crippen molar-refractivity contribution in [2.75, 3.05) is 44.7 Å². The first-order valence-electron chi connectivity index (χ1n) is 10.8. The number of nitrogens with one attached hydrogen (secondary N) is 1. The minimum atomic E-state index is -0.103. The predicted molar refractivity (Wildman–Crippen MR) is 119 cm³/mol. The van der Waals surface area contributed by atoms with E-state index in [4.69, 9.17) is 0 Å². The van der Waals surface area contributed by atoms with E-state index in [1.807, 2.05) is 42.3 Å². The molecule has 0 bridgehead atoms. The van der Waals surface area contributed by atoms with E-state index in [1.165, 1.54) is 5.56 Å². The highest BCUT2D eigenvalue weighted by molar-refractivity contribution is 5.98. The van der Waals surface area contributed by atoms with E-state index in [9.17, 15) is 9.59 Å². The predicted octanol–water partition coefficient (Wildman–Crippen LogP) is 3.00. The summed E-state index contributed by atoms with van der Waals surface area (Å²) in [6, 6.07) is 18.1. The SMILES string of the molecule is CN(C(=O)c1cccc(N2CCNC2=O)c1)[C@@H]1CCCN(CCc2ccccc2)C1. The molecule has 6 heteroatoms. The van der Waals surface area contributed by atoms with Gasteiger partial charge in [0.05, 0.1) is 0 Å². The summed E-state index contributed by atoms with van der Waals surface area (Å²) in [5.74, 6) is 0.0198. The molecule has 2 aliphatic heterocycles. The van der Waals surface area contributed by atoms with Crippen molar-refractivity contribution in [3.05, 3.63) is 65.7 Å². The zero-order valence-electron chi connectivity index (χ0n) is 17.6. The van der Waals surface area contributed by atoms with Crippen LogP contribution in [0.25, 0.3) is 0 Å². The number of benzene rings is 2. The maximum Gasteiger partial charge on any atom is 0.321 e. The second-order valence-electron chi connectivity index (χ2n) is 8.18. The van der Waals surface area contributed by atoms with Crippen LogP contribution < -0.4 is 10.2 Å². The van der Waals surface area contributed by atoms with Crippen molar-refractivity contribution in [2.24, 2.45) is 0 Å². The fraction of sp³-hybridized carbons (Fsp3) is 0.417. The van der Waals surface area contributed by atoms with Crippen molar-refractivity contribution >= 4 is 17.6 Å². The van der Waals surface area contributed by atoms with Crippen molar-refractivity contribution in [3.8, 4) is 0 Å². The highest BCUT2D eigenvalue weighted by Gasteiger charge is 2.27. The number of hydrogen-bond acceptors (Lipinski definition) is 3. The van der Waals surface area contributed by atoms with Crippen molar-refractivity contribution < 1.29 is 9.59 Å². The van der Waals surface area contributed by atoms with Crippen LogP contribution in [0.3, 0.4) is 0 Å². The van der Waals surface area contributed by atoms with E-state index < -0.39 is 0 Å². The van der Waals surface area contributed by atoms with Gasteiger partial charge in [-0.2, -0.15) is 0 Å². The van der Waals surface area contributed by atoms with Crippen LogP contribution in [0.15, 0.2) is 54.6 Å². The summed E-state index contributed by atoms with van der Waals surface area (Å²) in [6.07, 6.45) is 3.16. The van der Waals surface area contributed by atoms with Gasteiger partial charge in [-0.1, -0.05) is 36.4 Å². The zero-order valence-corrected chi connectivity index (χ0v) is 17.6. The molecular formula is C24H30N4O2. The minimum absolute atomic E-state index is 0.0198. The molecule has 0 radical (unpaired) electrons. The molecule has 4 rings (SSSR count). The van der Waals surface area contributed by atoms with E-state index >= 15 is 0 Å². The van der Waals surface area contributed by atoms with Crippen LogP contribution in [0.5, 0.6) is 0 Å². The van der Waals surface area contributed by atoms with Crippen molar-refractivity contribution in [1.82, 2.24) is 15.1 Å². The molecule has 158 valence electrons. The summed E-state index contributed by atoms with van der Waals surface area (Å²) in [4.78, 5) is 31.2. The number of likely N-dealkylation sites (N-methyl/N-ethyl adjacent to an activating group) is 1. The highest BCUT2D eigenvalue weighted by Crippen LogP contribution is 2.21. The Morgan fingerprint density at radius 3 is 2.73 bits per heavy atom. The molecule has 0 spiro atoms. The van der Waals surface area contributed by atoms with E-state index in [2.05, 4.69) is 34.5 Å². The summed E-state index contributed by atoms with van der Waals surface area (Å²) in [6.45, 7) is 4.28. The Bertz CT molecular complexity index is 886. The Hall–Kier alpha value is -2.86. The number of nitrogens with zero attached hydrogens (tertiary/aromatic N) is 3. The van der Waals surface area contributed by atoms with Gasteiger partial charge in [0.25, 0.3) is 5.91 Å². The molecule has 2 aromatic carbocycles. The largest absolute Gasteiger partial charge is 0.337 e. The molecule has 2 aromatic rings. The lowest BCUT2D eigenvalue weighted by Crippen LogP contribution is -2.49. The standard InChI is InChI=1S/C24H30N4O2/c1-26(22-11-6-14-27(18-22)15-12-19-7-3-2-4-8-19)23(29)20-9-5-10-21(17-20)28-16-13-25-24(28)30/h2-5,7-10,17,22H,6,11-16,18H2,1H3,(H,25,30)/t22-/m1/s1. The number of carbonyl (C=O) groups is 2. The molecule has 2 aliphatic rings. The molecule has 2 heterocycles. The molecule has 2 fully saturated rings. The van der Waals surface area contributed by atoms with Crippen LogP contribution in [0.4, 0.5) is 10.5 Å².